The Morgan fingerprint density at radius 1 is 1.58 bits per heavy atom. The van der Waals surface area contributed by atoms with Gasteiger partial charge in [0.1, 0.15) is 5.75 Å². The predicted octanol–water partition coefficient (Wildman–Crippen LogP) is 2.31. The molecule has 2 rings (SSSR count). The van der Waals surface area contributed by atoms with Gasteiger partial charge in [-0.25, -0.2) is 0 Å². The molecule has 0 spiro atoms. The third kappa shape index (κ3) is 3.09. The smallest absolute Gasteiger partial charge is 0.253 e. The second-order valence-electron chi connectivity index (χ2n) is 5.20. The standard InChI is InChI=1S/C14H19BrN2O2/c1-14(8-16,9-3-4-9)17-13(18)11-7-10(19-2)5-6-12(11)15/h5-7,9H,3-4,8,16H2,1-2H3,(H,17,18). The van der Waals surface area contributed by atoms with Crippen molar-refractivity contribution in [3.63, 3.8) is 0 Å². The topological polar surface area (TPSA) is 64.3 Å². The van der Waals surface area contributed by atoms with Crippen LogP contribution in [0.2, 0.25) is 0 Å². The number of hydrogen-bond donors (Lipinski definition) is 2. The van der Waals surface area contributed by atoms with Crippen molar-refractivity contribution in [2.45, 2.75) is 25.3 Å². The van der Waals surface area contributed by atoms with Crippen LogP contribution in [0.4, 0.5) is 0 Å². The maximum atomic E-state index is 12.4. The largest absolute Gasteiger partial charge is 0.497 e. The number of carbonyl (C=O) groups is 1. The van der Waals surface area contributed by atoms with Gasteiger partial charge in [-0.05, 0) is 59.8 Å². The van der Waals surface area contributed by atoms with E-state index in [1.807, 2.05) is 19.1 Å². The zero-order chi connectivity index (χ0) is 14.0. The second-order valence-corrected chi connectivity index (χ2v) is 6.05. The van der Waals surface area contributed by atoms with Crippen molar-refractivity contribution in [2.75, 3.05) is 13.7 Å². The Morgan fingerprint density at radius 3 is 2.79 bits per heavy atom. The highest BCUT2D eigenvalue weighted by atomic mass is 79.9. The molecule has 1 aliphatic carbocycles. The number of carbonyl (C=O) groups excluding carboxylic acids is 1. The Balaban J connectivity index is 2.19. The van der Waals surface area contributed by atoms with Gasteiger partial charge in [-0.3, -0.25) is 4.79 Å². The van der Waals surface area contributed by atoms with Crippen LogP contribution in [0.5, 0.6) is 5.75 Å². The number of nitrogens with one attached hydrogen (secondary N) is 1. The first-order chi connectivity index (χ1) is 9.00. The molecular formula is C14H19BrN2O2. The van der Waals surface area contributed by atoms with Crippen LogP contribution in [0.15, 0.2) is 22.7 Å². The van der Waals surface area contributed by atoms with Gasteiger partial charge in [0.25, 0.3) is 5.91 Å². The first kappa shape index (κ1) is 14.3. The van der Waals surface area contributed by atoms with Crippen LogP contribution in [0, 0.1) is 5.92 Å². The van der Waals surface area contributed by atoms with Crippen LogP contribution in [0.25, 0.3) is 0 Å². The molecule has 1 aromatic carbocycles. The van der Waals surface area contributed by atoms with Crippen molar-refractivity contribution in [2.24, 2.45) is 11.7 Å². The quantitative estimate of drug-likeness (QED) is 0.872. The highest BCUT2D eigenvalue weighted by Gasteiger charge is 2.41. The number of rotatable bonds is 5. The highest BCUT2D eigenvalue weighted by molar-refractivity contribution is 9.10. The van der Waals surface area contributed by atoms with E-state index in [4.69, 9.17) is 10.5 Å². The van der Waals surface area contributed by atoms with E-state index >= 15 is 0 Å². The molecule has 0 saturated heterocycles. The van der Waals surface area contributed by atoms with Crippen LogP contribution in [0.1, 0.15) is 30.1 Å². The third-order valence-corrected chi connectivity index (χ3v) is 4.41. The van der Waals surface area contributed by atoms with Crippen molar-refractivity contribution in [1.82, 2.24) is 5.32 Å². The van der Waals surface area contributed by atoms with E-state index in [9.17, 15) is 4.79 Å². The molecule has 5 heteroatoms. The fourth-order valence-electron chi connectivity index (χ4n) is 2.17. The number of ether oxygens (including phenoxy) is 1. The van der Waals surface area contributed by atoms with E-state index in [0.717, 1.165) is 17.3 Å². The fraction of sp³-hybridized carbons (Fsp3) is 0.500. The summed E-state index contributed by atoms with van der Waals surface area (Å²) < 4.78 is 5.90. The number of benzene rings is 1. The van der Waals surface area contributed by atoms with Gasteiger partial charge in [-0.1, -0.05) is 0 Å². The van der Waals surface area contributed by atoms with Crippen molar-refractivity contribution in [3.8, 4) is 5.75 Å². The molecule has 19 heavy (non-hydrogen) atoms. The minimum Gasteiger partial charge on any atom is -0.497 e. The molecule has 1 unspecified atom stereocenters. The first-order valence-corrected chi connectivity index (χ1v) is 7.15. The molecule has 4 nitrogen and oxygen atoms in total. The SMILES string of the molecule is COc1ccc(Br)c(C(=O)NC(C)(CN)C2CC2)c1. The Labute approximate surface area is 121 Å². The maximum Gasteiger partial charge on any atom is 0.253 e. The van der Waals surface area contributed by atoms with E-state index in [1.54, 1.807) is 13.2 Å². The lowest BCUT2D eigenvalue weighted by atomic mass is 9.95. The van der Waals surface area contributed by atoms with Crippen molar-refractivity contribution >= 4 is 21.8 Å². The van der Waals surface area contributed by atoms with Crippen LogP contribution >= 0.6 is 15.9 Å². The molecule has 1 amide bonds. The fourth-order valence-corrected chi connectivity index (χ4v) is 2.60. The lowest BCUT2D eigenvalue weighted by Gasteiger charge is -2.29. The molecule has 104 valence electrons. The summed E-state index contributed by atoms with van der Waals surface area (Å²) in [6, 6.07) is 5.35. The normalized spacial score (nSPS) is 17.7. The van der Waals surface area contributed by atoms with Gasteiger partial charge < -0.3 is 15.8 Å². The van der Waals surface area contributed by atoms with Crippen LogP contribution in [0.3, 0.4) is 0 Å². The van der Waals surface area contributed by atoms with Gasteiger partial charge in [0, 0.05) is 11.0 Å². The van der Waals surface area contributed by atoms with Crippen molar-refractivity contribution in [3.05, 3.63) is 28.2 Å². The van der Waals surface area contributed by atoms with Crippen molar-refractivity contribution < 1.29 is 9.53 Å². The van der Waals surface area contributed by atoms with Gasteiger partial charge in [-0.15, -0.1) is 0 Å². The lowest BCUT2D eigenvalue weighted by Crippen LogP contribution is -2.53. The average Bonchev–Trinajstić information content (AvgIpc) is 3.23. The Morgan fingerprint density at radius 2 is 2.26 bits per heavy atom. The minimum absolute atomic E-state index is 0.120. The maximum absolute atomic E-state index is 12.4. The van der Waals surface area contributed by atoms with E-state index in [2.05, 4.69) is 21.2 Å². The summed E-state index contributed by atoms with van der Waals surface area (Å²) >= 11 is 3.39. The summed E-state index contributed by atoms with van der Waals surface area (Å²) in [6.45, 7) is 2.46. The van der Waals surface area contributed by atoms with E-state index < -0.39 is 0 Å². The number of nitrogens with two attached hydrogens (primary N) is 1. The summed E-state index contributed by atoms with van der Waals surface area (Å²) in [5, 5.41) is 3.06. The molecule has 1 fully saturated rings. The zero-order valence-electron chi connectivity index (χ0n) is 11.2. The van der Waals surface area contributed by atoms with Gasteiger partial charge in [0.05, 0.1) is 18.2 Å². The van der Waals surface area contributed by atoms with Gasteiger partial charge in [0.15, 0.2) is 0 Å². The molecule has 0 bridgehead atoms. The summed E-state index contributed by atoms with van der Waals surface area (Å²) in [7, 11) is 1.58. The molecule has 1 aromatic rings. The zero-order valence-corrected chi connectivity index (χ0v) is 12.8. The summed E-state index contributed by atoms with van der Waals surface area (Å²) in [5.41, 5.74) is 6.07. The molecule has 0 heterocycles. The van der Waals surface area contributed by atoms with E-state index in [-0.39, 0.29) is 11.4 Å². The number of amides is 1. The third-order valence-electron chi connectivity index (χ3n) is 3.72. The molecule has 1 saturated carbocycles. The van der Waals surface area contributed by atoms with E-state index in [0.29, 0.717) is 23.8 Å². The Hall–Kier alpha value is -1.07. The molecule has 1 aliphatic rings. The van der Waals surface area contributed by atoms with E-state index in [1.165, 1.54) is 0 Å². The first-order valence-electron chi connectivity index (χ1n) is 6.36. The number of methoxy groups -OCH3 is 1. The summed E-state index contributed by atoms with van der Waals surface area (Å²) in [5.74, 6) is 1.03. The molecular weight excluding hydrogens is 308 g/mol. The Kier molecular flexibility index (Phi) is 4.16. The minimum atomic E-state index is -0.320. The van der Waals surface area contributed by atoms with Crippen LogP contribution in [-0.4, -0.2) is 25.1 Å². The van der Waals surface area contributed by atoms with Gasteiger partial charge in [0.2, 0.25) is 0 Å². The molecule has 1 atom stereocenters. The second kappa shape index (κ2) is 5.51. The average molecular weight is 327 g/mol. The molecule has 0 aromatic heterocycles. The van der Waals surface area contributed by atoms with Crippen molar-refractivity contribution in [1.29, 1.82) is 0 Å². The van der Waals surface area contributed by atoms with Crippen LogP contribution in [-0.2, 0) is 0 Å². The van der Waals surface area contributed by atoms with Crippen LogP contribution < -0.4 is 15.8 Å². The monoisotopic (exact) mass is 326 g/mol. The number of halogens is 1. The van der Waals surface area contributed by atoms with Gasteiger partial charge >= 0.3 is 0 Å². The highest BCUT2D eigenvalue weighted by Crippen LogP contribution is 2.39. The number of hydrogen-bond acceptors (Lipinski definition) is 3. The Bertz CT molecular complexity index is 488. The molecule has 0 aliphatic heterocycles. The summed E-state index contributed by atoms with van der Waals surface area (Å²) in [6.07, 6.45) is 2.26. The molecule has 0 radical (unpaired) electrons. The lowest BCUT2D eigenvalue weighted by molar-refractivity contribution is 0.0896. The summed E-state index contributed by atoms with van der Waals surface area (Å²) in [4.78, 5) is 12.4. The van der Waals surface area contributed by atoms with Gasteiger partial charge in [-0.2, -0.15) is 0 Å². The predicted molar refractivity (Wildman–Crippen MR) is 78.3 cm³/mol. The molecule has 3 N–H and O–H groups in total.